The molecule has 108 valence electrons. The number of aliphatic hydroxyl groups is 1. The molecule has 2 N–H and O–H groups in total. The maximum Gasteiger partial charge on any atom is 0.0860 e. The molecule has 0 aromatic carbocycles. The van der Waals surface area contributed by atoms with Crippen LogP contribution in [0.2, 0.25) is 5.02 Å². The largest absolute Gasteiger partial charge is 0.396 e. The summed E-state index contributed by atoms with van der Waals surface area (Å²) in [6.45, 7) is 5.85. The van der Waals surface area contributed by atoms with Crippen LogP contribution in [0.25, 0.3) is 0 Å². The van der Waals surface area contributed by atoms with Crippen LogP contribution in [0, 0.1) is 12.8 Å². The summed E-state index contributed by atoms with van der Waals surface area (Å²) in [4.78, 5) is 0. The molecule has 0 spiro atoms. The third-order valence-electron chi connectivity index (χ3n) is 4.13. The first-order valence-corrected chi connectivity index (χ1v) is 7.61. The zero-order chi connectivity index (χ0) is 13.8. The summed E-state index contributed by atoms with van der Waals surface area (Å²) < 4.78 is 1.96. The van der Waals surface area contributed by atoms with E-state index in [0.29, 0.717) is 12.0 Å². The van der Waals surface area contributed by atoms with Gasteiger partial charge in [0.2, 0.25) is 0 Å². The molecular weight excluding hydrogens is 262 g/mol. The van der Waals surface area contributed by atoms with Gasteiger partial charge in [0.05, 0.1) is 16.4 Å². The van der Waals surface area contributed by atoms with Crippen LogP contribution < -0.4 is 5.32 Å². The molecule has 2 atom stereocenters. The average molecular weight is 286 g/mol. The van der Waals surface area contributed by atoms with Gasteiger partial charge in [-0.05, 0) is 32.6 Å². The molecule has 1 fully saturated rings. The van der Waals surface area contributed by atoms with Crippen molar-refractivity contribution in [3.63, 3.8) is 0 Å². The van der Waals surface area contributed by atoms with E-state index in [1.807, 2.05) is 11.6 Å². The number of aryl methyl sites for hydroxylation is 2. The Morgan fingerprint density at radius 2 is 2.16 bits per heavy atom. The molecule has 0 aliphatic heterocycles. The normalized spacial score (nSPS) is 23.8. The predicted molar refractivity (Wildman–Crippen MR) is 77.3 cm³/mol. The summed E-state index contributed by atoms with van der Waals surface area (Å²) >= 11 is 6.31. The number of nitrogens with one attached hydrogen (secondary N) is 1. The van der Waals surface area contributed by atoms with Crippen LogP contribution in [0.5, 0.6) is 0 Å². The molecule has 1 aromatic rings. The van der Waals surface area contributed by atoms with Crippen LogP contribution in [-0.4, -0.2) is 27.5 Å². The smallest absolute Gasteiger partial charge is 0.0860 e. The van der Waals surface area contributed by atoms with E-state index < -0.39 is 0 Å². The Labute approximate surface area is 120 Å². The molecule has 2 rings (SSSR count). The number of aliphatic hydroxyl groups excluding tert-OH is 1. The van der Waals surface area contributed by atoms with Gasteiger partial charge in [0.25, 0.3) is 0 Å². The van der Waals surface area contributed by atoms with E-state index in [9.17, 15) is 5.11 Å². The number of halogens is 1. The quantitative estimate of drug-likeness (QED) is 0.874. The maximum absolute atomic E-state index is 9.43. The SMILES string of the molecule is CCn1nc(C)c(Cl)c1CNC1CCCCC1CO. The Kier molecular flexibility index (Phi) is 5.25. The highest BCUT2D eigenvalue weighted by Crippen LogP contribution is 2.25. The number of rotatable bonds is 5. The highest BCUT2D eigenvalue weighted by molar-refractivity contribution is 6.31. The number of nitrogens with zero attached hydrogens (tertiary/aromatic N) is 2. The Morgan fingerprint density at radius 3 is 2.84 bits per heavy atom. The zero-order valence-corrected chi connectivity index (χ0v) is 12.6. The first-order chi connectivity index (χ1) is 9.17. The molecule has 1 saturated carbocycles. The second-order valence-corrected chi connectivity index (χ2v) is 5.75. The Morgan fingerprint density at radius 1 is 1.42 bits per heavy atom. The monoisotopic (exact) mass is 285 g/mol. The van der Waals surface area contributed by atoms with Crippen molar-refractivity contribution < 1.29 is 5.11 Å². The molecule has 1 aliphatic rings. The van der Waals surface area contributed by atoms with Gasteiger partial charge in [-0.1, -0.05) is 24.4 Å². The predicted octanol–water partition coefficient (Wildman–Crippen LogP) is 2.51. The van der Waals surface area contributed by atoms with Crippen molar-refractivity contribution in [2.24, 2.45) is 5.92 Å². The first-order valence-electron chi connectivity index (χ1n) is 7.23. The van der Waals surface area contributed by atoms with Crippen molar-refractivity contribution in [2.45, 2.75) is 58.7 Å². The molecule has 1 aliphatic carbocycles. The fraction of sp³-hybridized carbons (Fsp3) is 0.786. The molecule has 0 bridgehead atoms. The Bertz CT molecular complexity index is 419. The van der Waals surface area contributed by atoms with E-state index in [4.69, 9.17) is 11.6 Å². The molecule has 19 heavy (non-hydrogen) atoms. The molecular formula is C14H24ClN3O. The number of hydrogen-bond acceptors (Lipinski definition) is 3. The van der Waals surface area contributed by atoms with Crippen LogP contribution in [0.15, 0.2) is 0 Å². The van der Waals surface area contributed by atoms with Gasteiger partial charge in [0.1, 0.15) is 0 Å². The summed E-state index contributed by atoms with van der Waals surface area (Å²) in [6, 6.07) is 0.398. The maximum atomic E-state index is 9.43. The van der Waals surface area contributed by atoms with Gasteiger partial charge in [0.15, 0.2) is 0 Å². The molecule has 4 nitrogen and oxygen atoms in total. The summed E-state index contributed by atoms with van der Waals surface area (Å²) in [5, 5.41) is 18.2. The summed E-state index contributed by atoms with van der Waals surface area (Å²) in [7, 11) is 0. The molecule has 1 heterocycles. The topological polar surface area (TPSA) is 50.1 Å². The minimum absolute atomic E-state index is 0.275. The van der Waals surface area contributed by atoms with Crippen molar-refractivity contribution >= 4 is 11.6 Å². The Balaban J connectivity index is 2.01. The van der Waals surface area contributed by atoms with E-state index >= 15 is 0 Å². The van der Waals surface area contributed by atoms with Crippen molar-refractivity contribution in [1.29, 1.82) is 0 Å². The van der Waals surface area contributed by atoms with E-state index in [-0.39, 0.29) is 6.61 Å². The summed E-state index contributed by atoms with van der Waals surface area (Å²) in [6.07, 6.45) is 4.74. The zero-order valence-electron chi connectivity index (χ0n) is 11.8. The molecule has 0 amide bonds. The van der Waals surface area contributed by atoms with E-state index in [1.165, 1.54) is 12.8 Å². The lowest BCUT2D eigenvalue weighted by molar-refractivity contribution is 0.152. The van der Waals surface area contributed by atoms with Gasteiger partial charge in [0, 0.05) is 25.7 Å². The third-order valence-corrected chi connectivity index (χ3v) is 4.62. The summed E-state index contributed by atoms with van der Waals surface area (Å²) in [5.74, 6) is 0.381. The minimum atomic E-state index is 0.275. The first kappa shape index (κ1) is 14.8. The number of hydrogen-bond donors (Lipinski definition) is 2. The van der Waals surface area contributed by atoms with Gasteiger partial charge >= 0.3 is 0 Å². The van der Waals surface area contributed by atoms with Crippen LogP contribution in [-0.2, 0) is 13.1 Å². The lowest BCUT2D eigenvalue weighted by Crippen LogP contribution is -2.40. The van der Waals surface area contributed by atoms with Crippen molar-refractivity contribution in [1.82, 2.24) is 15.1 Å². The number of aromatic nitrogens is 2. The van der Waals surface area contributed by atoms with Crippen LogP contribution in [0.4, 0.5) is 0 Å². The van der Waals surface area contributed by atoms with E-state index in [1.54, 1.807) is 0 Å². The molecule has 0 saturated heterocycles. The van der Waals surface area contributed by atoms with Gasteiger partial charge in [-0.2, -0.15) is 5.10 Å². The summed E-state index contributed by atoms with van der Waals surface area (Å²) in [5.41, 5.74) is 1.95. The van der Waals surface area contributed by atoms with Crippen LogP contribution in [0.3, 0.4) is 0 Å². The Hall–Kier alpha value is -0.580. The second-order valence-electron chi connectivity index (χ2n) is 5.38. The fourth-order valence-corrected chi connectivity index (χ4v) is 3.16. The highest BCUT2D eigenvalue weighted by Gasteiger charge is 2.24. The van der Waals surface area contributed by atoms with Gasteiger partial charge in [-0.15, -0.1) is 0 Å². The standard InChI is InChI=1S/C14H24ClN3O/c1-3-18-13(14(15)10(2)17-18)8-16-12-7-5-4-6-11(12)9-19/h11-12,16,19H,3-9H2,1-2H3. The minimum Gasteiger partial charge on any atom is -0.396 e. The van der Waals surface area contributed by atoms with Gasteiger partial charge in [-0.25, -0.2) is 0 Å². The van der Waals surface area contributed by atoms with Crippen LogP contribution in [0.1, 0.15) is 44.0 Å². The van der Waals surface area contributed by atoms with Crippen molar-refractivity contribution in [2.75, 3.05) is 6.61 Å². The van der Waals surface area contributed by atoms with Crippen molar-refractivity contribution in [3.8, 4) is 0 Å². The lowest BCUT2D eigenvalue weighted by atomic mass is 9.85. The van der Waals surface area contributed by atoms with Gasteiger partial charge < -0.3 is 10.4 Å². The van der Waals surface area contributed by atoms with Gasteiger partial charge in [-0.3, -0.25) is 4.68 Å². The van der Waals surface area contributed by atoms with Crippen molar-refractivity contribution in [3.05, 3.63) is 16.4 Å². The molecule has 2 unspecified atom stereocenters. The average Bonchev–Trinajstić information content (AvgIpc) is 2.72. The van der Waals surface area contributed by atoms with Crippen LogP contribution >= 0.6 is 11.6 Å². The lowest BCUT2D eigenvalue weighted by Gasteiger charge is -2.31. The van der Waals surface area contributed by atoms with E-state index in [0.717, 1.165) is 42.3 Å². The highest BCUT2D eigenvalue weighted by atomic mass is 35.5. The van der Waals surface area contributed by atoms with E-state index in [2.05, 4.69) is 17.3 Å². The third kappa shape index (κ3) is 3.30. The molecule has 1 aromatic heterocycles. The fourth-order valence-electron chi connectivity index (χ4n) is 2.96. The molecule has 5 heteroatoms. The second kappa shape index (κ2) is 6.73. The molecule has 0 radical (unpaired) electrons.